The maximum atomic E-state index is 11.4. The summed E-state index contributed by atoms with van der Waals surface area (Å²) in [6.45, 7) is 1.89. The molecule has 0 aromatic heterocycles. The highest BCUT2D eigenvalue weighted by Gasteiger charge is 2.20. The Kier molecular flexibility index (Phi) is 5.20. The molecule has 5 nitrogen and oxygen atoms in total. The first kappa shape index (κ1) is 12.9. The molecule has 0 saturated carbocycles. The molecule has 1 N–H and O–H groups in total. The molecule has 0 amide bonds. The van der Waals surface area contributed by atoms with Crippen molar-refractivity contribution in [1.29, 1.82) is 0 Å². The lowest BCUT2D eigenvalue weighted by molar-refractivity contribution is -0.136. The van der Waals surface area contributed by atoms with E-state index in [0.717, 1.165) is 4.31 Å². The van der Waals surface area contributed by atoms with Gasteiger partial charge in [0.2, 0.25) is 10.0 Å². The predicted molar refractivity (Wildman–Crippen MR) is 52.1 cm³/mol. The summed E-state index contributed by atoms with van der Waals surface area (Å²) in [5.41, 5.74) is 0. The van der Waals surface area contributed by atoms with Gasteiger partial charge in [-0.2, -0.15) is 4.31 Å². The summed E-state index contributed by atoms with van der Waals surface area (Å²) in [6, 6.07) is 0. The van der Waals surface area contributed by atoms with E-state index < -0.39 is 28.2 Å². The minimum Gasteiger partial charge on any atom is -0.481 e. The number of aliphatic carboxylic acids is 1. The number of sulfonamides is 1. The largest absolute Gasteiger partial charge is 0.481 e. The van der Waals surface area contributed by atoms with Crippen LogP contribution < -0.4 is 0 Å². The quantitative estimate of drug-likeness (QED) is 0.625. The van der Waals surface area contributed by atoms with E-state index in [0.29, 0.717) is 0 Å². The fourth-order valence-corrected chi connectivity index (χ4v) is 2.21. The van der Waals surface area contributed by atoms with Crippen LogP contribution in [0, 0.1) is 12.3 Å². The molecule has 14 heavy (non-hydrogen) atoms. The summed E-state index contributed by atoms with van der Waals surface area (Å²) in [5.74, 6) is 0.673. The van der Waals surface area contributed by atoms with Gasteiger partial charge in [-0.15, -0.1) is 6.42 Å². The zero-order chi connectivity index (χ0) is 11.2. The van der Waals surface area contributed by atoms with Gasteiger partial charge in [-0.25, -0.2) is 8.42 Å². The molecular formula is C8H13NO4S. The molecule has 0 rings (SSSR count). The number of nitrogens with zero attached hydrogens (tertiary/aromatic N) is 1. The summed E-state index contributed by atoms with van der Waals surface area (Å²) >= 11 is 0. The van der Waals surface area contributed by atoms with Crippen molar-refractivity contribution in [1.82, 2.24) is 4.31 Å². The second kappa shape index (κ2) is 5.62. The van der Waals surface area contributed by atoms with E-state index in [1.165, 1.54) is 0 Å². The monoisotopic (exact) mass is 219 g/mol. The van der Waals surface area contributed by atoms with Crippen molar-refractivity contribution in [3.8, 4) is 12.3 Å². The van der Waals surface area contributed by atoms with Gasteiger partial charge in [0.05, 0.1) is 18.7 Å². The van der Waals surface area contributed by atoms with Crippen LogP contribution in [0.3, 0.4) is 0 Å². The smallest absolute Gasteiger partial charge is 0.304 e. The fourth-order valence-electron chi connectivity index (χ4n) is 0.854. The Labute approximate surface area is 83.8 Å². The number of hydrogen-bond acceptors (Lipinski definition) is 3. The standard InChI is InChI=1S/C8H13NO4S/c1-3-6-9(4-2)14(12,13)7-5-8(10)11/h1H,4-7H2,2H3,(H,10,11). The van der Waals surface area contributed by atoms with Crippen LogP contribution in [0.4, 0.5) is 0 Å². The normalized spacial score (nSPS) is 11.2. The highest BCUT2D eigenvalue weighted by atomic mass is 32.2. The number of carboxylic acids is 1. The van der Waals surface area contributed by atoms with Gasteiger partial charge in [-0.3, -0.25) is 4.79 Å². The van der Waals surface area contributed by atoms with E-state index in [4.69, 9.17) is 11.5 Å². The minimum absolute atomic E-state index is 0.0154. The van der Waals surface area contributed by atoms with Gasteiger partial charge in [0.1, 0.15) is 0 Å². The van der Waals surface area contributed by atoms with Gasteiger partial charge in [-0.05, 0) is 0 Å². The molecule has 0 aliphatic heterocycles. The van der Waals surface area contributed by atoms with E-state index in [2.05, 4.69) is 5.92 Å². The molecule has 0 bridgehead atoms. The Bertz CT molecular complexity index is 328. The van der Waals surface area contributed by atoms with Gasteiger partial charge in [0, 0.05) is 6.54 Å². The first-order chi connectivity index (χ1) is 6.44. The summed E-state index contributed by atoms with van der Waals surface area (Å²) in [4.78, 5) is 10.2. The van der Waals surface area contributed by atoms with Gasteiger partial charge < -0.3 is 5.11 Å². The third kappa shape index (κ3) is 4.25. The Morgan fingerprint density at radius 2 is 2.14 bits per heavy atom. The topological polar surface area (TPSA) is 74.7 Å². The van der Waals surface area contributed by atoms with Gasteiger partial charge >= 0.3 is 5.97 Å². The first-order valence-corrected chi connectivity index (χ1v) is 5.68. The van der Waals surface area contributed by atoms with E-state index >= 15 is 0 Å². The molecule has 6 heteroatoms. The van der Waals surface area contributed by atoms with Crippen molar-refractivity contribution < 1.29 is 18.3 Å². The minimum atomic E-state index is -3.52. The van der Waals surface area contributed by atoms with Crippen molar-refractivity contribution in [2.45, 2.75) is 13.3 Å². The summed E-state index contributed by atoms with van der Waals surface area (Å²) in [5, 5.41) is 8.34. The molecule has 0 radical (unpaired) electrons. The predicted octanol–water partition coefficient (Wildman–Crippen LogP) is -0.254. The third-order valence-electron chi connectivity index (χ3n) is 1.59. The number of terminal acetylenes is 1. The van der Waals surface area contributed by atoms with Crippen molar-refractivity contribution >= 4 is 16.0 Å². The Balaban J connectivity index is 4.43. The molecule has 80 valence electrons. The second-order valence-corrected chi connectivity index (χ2v) is 4.68. The fraction of sp³-hybridized carbons (Fsp3) is 0.625. The van der Waals surface area contributed by atoms with Crippen molar-refractivity contribution in [3.63, 3.8) is 0 Å². The number of carboxylic acid groups (broad SMARTS) is 1. The Morgan fingerprint density at radius 1 is 1.57 bits per heavy atom. The lowest BCUT2D eigenvalue weighted by Crippen LogP contribution is -2.33. The van der Waals surface area contributed by atoms with Crippen LogP contribution in [0.1, 0.15) is 13.3 Å². The maximum absolute atomic E-state index is 11.4. The first-order valence-electron chi connectivity index (χ1n) is 4.07. The van der Waals surface area contributed by atoms with Crippen LogP contribution in [0.15, 0.2) is 0 Å². The molecule has 0 spiro atoms. The van der Waals surface area contributed by atoms with E-state index in [1.807, 2.05) is 0 Å². The summed E-state index contributed by atoms with van der Waals surface area (Å²) < 4.78 is 23.9. The Hall–Kier alpha value is -1.06. The van der Waals surface area contributed by atoms with Crippen LogP contribution in [0.25, 0.3) is 0 Å². The zero-order valence-corrected chi connectivity index (χ0v) is 8.75. The Morgan fingerprint density at radius 3 is 2.50 bits per heavy atom. The molecule has 0 aromatic rings. The SMILES string of the molecule is C#CCN(CC)S(=O)(=O)CCC(=O)O. The van der Waals surface area contributed by atoms with Crippen molar-refractivity contribution in [2.75, 3.05) is 18.8 Å². The van der Waals surface area contributed by atoms with E-state index in [1.54, 1.807) is 6.92 Å². The highest BCUT2D eigenvalue weighted by molar-refractivity contribution is 7.89. The molecule has 0 heterocycles. The molecular weight excluding hydrogens is 206 g/mol. The van der Waals surface area contributed by atoms with Crippen LogP contribution in [-0.4, -0.2) is 42.6 Å². The molecule has 0 aliphatic rings. The lowest BCUT2D eigenvalue weighted by atomic mass is 10.5. The summed E-state index contributed by atoms with van der Waals surface area (Å²) in [7, 11) is -3.52. The van der Waals surface area contributed by atoms with Crippen molar-refractivity contribution in [2.24, 2.45) is 0 Å². The molecule has 0 saturated heterocycles. The number of rotatable bonds is 6. The third-order valence-corrected chi connectivity index (χ3v) is 3.48. The zero-order valence-electron chi connectivity index (χ0n) is 7.93. The van der Waals surface area contributed by atoms with Crippen LogP contribution in [0.5, 0.6) is 0 Å². The highest BCUT2D eigenvalue weighted by Crippen LogP contribution is 2.02. The van der Waals surface area contributed by atoms with Crippen LogP contribution in [-0.2, 0) is 14.8 Å². The van der Waals surface area contributed by atoms with E-state index in [-0.39, 0.29) is 13.1 Å². The number of hydrogen-bond donors (Lipinski definition) is 1. The maximum Gasteiger partial charge on any atom is 0.304 e. The lowest BCUT2D eigenvalue weighted by Gasteiger charge is -2.16. The van der Waals surface area contributed by atoms with Crippen LogP contribution >= 0.6 is 0 Å². The molecule has 0 atom stereocenters. The van der Waals surface area contributed by atoms with E-state index in [9.17, 15) is 13.2 Å². The second-order valence-electron chi connectivity index (χ2n) is 2.59. The summed E-state index contributed by atoms with van der Waals surface area (Å²) in [6.07, 6.45) is 4.59. The average molecular weight is 219 g/mol. The van der Waals surface area contributed by atoms with Gasteiger partial charge in [0.15, 0.2) is 0 Å². The molecule has 0 aliphatic carbocycles. The molecule has 0 unspecified atom stereocenters. The van der Waals surface area contributed by atoms with Gasteiger partial charge in [-0.1, -0.05) is 12.8 Å². The van der Waals surface area contributed by atoms with Crippen molar-refractivity contribution in [3.05, 3.63) is 0 Å². The molecule has 0 fully saturated rings. The van der Waals surface area contributed by atoms with Crippen LogP contribution in [0.2, 0.25) is 0 Å². The van der Waals surface area contributed by atoms with Gasteiger partial charge in [0.25, 0.3) is 0 Å². The molecule has 0 aromatic carbocycles. The average Bonchev–Trinajstić information content (AvgIpc) is 2.11. The number of carbonyl (C=O) groups is 1.